The summed E-state index contributed by atoms with van der Waals surface area (Å²) in [6.07, 6.45) is -31.3. The summed E-state index contributed by atoms with van der Waals surface area (Å²) in [5.74, 6) is -7.16. The summed E-state index contributed by atoms with van der Waals surface area (Å²) < 4.78 is 133. The number of hydrogen-bond acceptors (Lipinski definition) is 27. The third-order valence-corrected chi connectivity index (χ3v) is 24.3. The van der Waals surface area contributed by atoms with Crippen LogP contribution in [0.1, 0.15) is 106 Å². The fourth-order valence-electron chi connectivity index (χ4n) is 17.1. The van der Waals surface area contributed by atoms with E-state index in [1.54, 1.807) is 127 Å². The molecule has 732 valence electrons. The van der Waals surface area contributed by atoms with Gasteiger partial charge in [-0.15, -0.1) is 0 Å². The zero-order valence-electron chi connectivity index (χ0n) is 77.7. The standard InChI is InChI=1S/C115H105NO27/c117-105(83-52-26-7-27-53-83)130-75-93-97(136-107(119)85-56-30-9-31-57-85)100(137-108(120)86-58-32-10-33-59-86)103(139-110(122)88-62-36-12-37-63-88)114(134-93)143-98-94(76-131-106(118)84-54-28-8-29-55-84)135-113(104(140-111(123)89-64-38-13-39-65-89)101(98)138-109(121)87-60-34-11-35-61-87)142-96-92(74-126-68-78-42-16-2-17-43-78)133-112(102(129-71-81-48-22-5-23-49-81)99(96)128-70-80-46-20-4-21-47-80)141-95-90(73-125-67-77-40-14-1-15-41-77)116(115(124)132-72-82-50-24-6-25-51-82)66-91(95)127-69-79-44-18-3-19-45-79/h1-65,90-104,112-114H,66-76H2/t90-,91-,92-,93-,94-,95-,96+,97-,98-,99+,100+,101+,102-,103-,104-,112-,113+,114+/m1/s1. The van der Waals surface area contributed by atoms with Gasteiger partial charge < -0.3 is 90.0 Å². The Morgan fingerprint density at radius 3 is 0.832 bits per heavy atom. The molecule has 4 aliphatic heterocycles. The summed E-state index contributed by atoms with van der Waals surface area (Å²) in [4.78, 5) is 124. The van der Waals surface area contributed by atoms with Crippen LogP contribution < -0.4 is 0 Å². The first-order valence-electron chi connectivity index (χ1n) is 47.1. The minimum Gasteiger partial charge on any atom is -0.459 e. The summed E-state index contributed by atoms with van der Waals surface area (Å²) in [7, 11) is 0. The molecule has 143 heavy (non-hydrogen) atoms. The molecule has 17 rings (SSSR count). The molecule has 4 fully saturated rings. The number of ether oxygens (including phenoxy) is 19. The smallest absolute Gasteiger partial charge is 0.410 e. The number of esters is 7. The second kappa shape index (κ2) is 50.4. The van der Waals surface area contributed by atoms with Crippen LogP contribution in [-0.4, -0.2) is 196 Å². The van der Waals surface area contributed by atoms with Gasteiger partial charge in [-0.3, -0.25) is 4.90 Å². The summed E-state index contributed by atoms with van der Waals surface area (Å²) in [5, 5.41) is 0. The molecule has 4 aliphatic rings. The predicted molar refractivity (Wildman–Crippen MR) is 517 cm³/mol. The van der Waals surface area contributed by atoms with Crippen molar-refractivity contribution in [3.05, 3.63) is 467 Å². The highest BCUT2D eigenvalue weighted by Gasteiger charge is 2.61. The fourth-order valence-corrected chi connectivity index (χ4v) is 17.1. The number of rotatable bonds is 41. The van der Waals surface area contributed by atoms with Gasteiger partial charge >= 0.3 is 47.9 Å². The van der Waals surface area contributed by atoms with E-state index in [0.717, 1.165) is 22.3 Å². The molecular formula is C115H105NO27. The number of carbonyl (C=O) groups excluding carboxylic acids is 8. The van der Waals surface area contributed by atoms with Crippen molar-refractivity contribution in [1.82, 2.24) is 4.90 Å². The van der Waals surface area contributed by atoms with Crippen LogP contribution in [0.4, 0.5) is 4.79 Å². The highest BCUT2D eigenvalue weighted by molar-refractivity contribution is 5.93. The van der Waals surface area contributed by atoms with Crippen molar-refractivity contribution in [3.8, 4) is 0 Å². The maximum absolute atomic E-state index is 16.0. The van der Waals surface area contributed by atoms with Crippen LogP contribution in [0.15, 0.2) is 394 Å². The van der Waals surface area contributed by atoms with Crippen LogP contribution in [0.5, 0.6) is 0 Å². The normalized spacial score (nSPS) is 22.9. The molecule has 4 heterocycles. The molecule has 0 bridgehead atoms. The lowest BCUT2D eigenvalue weighted by atomic mass is 9.94. The molecule has 18 atom stereocenters. The molecule has 13 aromatic carbocycles. The fraction of sp³-hybridized carbons (Fsp3) is 0.252. The lowest BCUT2D eigenvalue weighted by Gasteiger charge is -2.51. The summed E-state index contributed by atoms with van der Waals surface area (Å²) >= 11 is 0. The molecule has 0 unspecified atom stereocenters. The van der Waals surface area contributed by atoms with Crippen molar-refractivity contribution in [2.45, 2.75) is 150 Å². The Labute approximate surface area is 826 Å². The van der Waals surface area contributed by atoms with Crippen LogP contribution in [-0.2, 0) is 130 Å². The van der Waals surface area contributed by atoms with E-state index >= 15 is 33.6 Å². The van der Waals surface area contributed by atoms with E-state index in [1.165, 1.54) is 89.8 Å². The number of benzene rings is 13. The van der Waals surface area contributed by atoms with Crippen LogP contribution in [0.25, 0.3) is 0 Å². The zero-order valence-corrected chi connectivity index (χ0v) is 77.7. The summed E-state index contributed by atoms with van der Waals surface area (Å²) in [6.45, 7) is -2.70. The molecule has 0 aliphatic carbocycles. The highest BCUT2D eigenvalue weighted by Crippen LogP contribution is 2.42. The van der Waals surface area contributed by atoms with Gasteiger partial charge in [0.2, 0.25) is 0 Å². The van der Waals surface area contributed by atoms with Gasteiger partial charge in [0.05, 0.1) is 97.8 Å². The minimum absolute atomic E-state index is 0.00727. The highest BCUT2D eigenvalue weighted by atomic mass is 16.8. The van der Waals surface area contributed by atoms with E-state index in [2.05, 4.69) is 0 Å². The Kier molecular flexibility index (Phi) is 35.1. The van der Waals surface area contributed by atoms with E-state index in [1.807, 2.05) is 182 Å². The van der Waals surface area contributed by atoms with E-state index in [0.29, 0.717) is 11.1 Å². The largest absolute Gasteiger partial charge is 0.459 e. The molecular weight excluding hydrogens is 1830 g/mol. The second-order valence-corrected chi connectivity index (χ2v) is 34.2. The van der Waals surface area contributed by atoms with Crippen LogP contribution >= 0.6 is 0 Å². The Hall–Kier alpha value is -15.0. The van der Waals surface area contributed by atoms with E-state index in [4.69, 9.17) is 90.0 Å². The summed E-state index contributed by atoms with van der Waals surface area (Å²) in [6, 6.07) is 110. The maximum Gasteiger partial charge on any atom is 0.410 e. The Balaban J connectivity index is 0.836. The molecule has 0 radical (unpaired) electrons. The summed E-state index contributed by atoms with van der Waals surface area (Å²) in [5.41, 5.74) is 4.33. The molecule has 0 saturated carbocycles. The molecule has 1 amide bonds. The minimum atomic E-state index is -2.26. The first-order valence-corrected chi connectivity index (χ1v) is 47.1. The van der Waals surface area contributed by atoms with Crippen LogP contribution in [0.2, 0.25) is 0 Å². The molecule has 0 aromatic heterocycles. The van der Waals surface area contributed by atoms with Gasteiger partial charge in [0.15, 0.2) is 49.4 Å². The predicted octanol–water partition coefficient (Wildman–Crippen LogP) is 17.4. The Bertz CT molecular complexity index is 6190. The number of carbonyl (C=O) groups is 8. The maximum atomic E-state index is 16.0. The average molecular weight is 1930 g/mol. The van der Waals surface area contributed by atoms with Gasteiger partial charge in [0, 0.05) is 0 Å². The monoisotopic (exact) mass is 1930 g/mol. The lowest BCUT2D eigenvalue weighted by molar-refractivity contribution is -0.385. The first kappa shape index (κ1) is 99.5. The third kappa shape index (κ3) is 27.0. The third-order valence-electron chi connectivity index (χ3n) is 24.3. The molecule has 28 nitrogen and oxygen atoms in total. The van der Waals surface area contributed by atoms with Gasteiger partial charge in [-0.1, -0.05) is 309 Å². The first-order chi connectivity index (χ1) is 70.2. The molecule has 4 saturated heterocycles. The van der Waals surface area contributed by atoms with Gasteiger partial charge in [-0.05, 0) is 118 Å². The van der Waals surface area contributed by atoms with Gasteiger partial charge in [0.1, 0.15) is 74.8 Å². The van der Waals surface area contributed by atoms with Crippen LogP contribution in [0, 0.1) is 0 Å². The average Bonchev–Trinajstić information content (AvgIpc) is 1.33. The Morgan fingerprint density at radius 2 is 0.476 bits per heavy atom. The molecule has 0 spiro atoms. The SMILES string of the molecule is O=C(OC[C@H]1O[C@@H](O[C@H]2[C@H](OC(=O)c3ccccc3)[C@@H](OC(=O)c3ccccc3)[C@H](O[C@@H]3[C@H](OCc4ccccc4)[C@@H](OCc4ccccc4)[C@@H](O[C@@H]4[C@@H](COCc5ccccc5)N(C(=O)OCc5ccccc5)C[C@H]4OCc4ccccc4)O[C@@H]3COCc3ccccc3)O[C@@H]2COC(=O)c2ccccc2)[C@H](OC(=O)c2ccccc2)[C@@H](OC(=O)c2ccccc2)[C@@H]1OC(=O)c1ccccc1)c1ccccc1. The van der Waals surface area contributed by atoms with Crippen molar-refractivity contribution in [3.63, 3.8) is 0 Å². The number of likely N-dealkylation sites (tertiary alicyclic amines) is 1. The quantitative estimate of drug-likeness (QED) is 0.0254. The van der Waals surface area contributed by atoms with E-state index in [9.17, 15) is 4.79 Å². The van der Waals surface area contributed by atoms with Gasteiger partial charge in [-0.2, -0.15) is 0 Å². The van der Waals surface area contributed by atoms with Crippen molar-refractivity contribution in [1.29, 1.82) is 0 Å². The molecule has 0 N–H and O–H groups in total. The lowest BCUT2D eigenvalue weighted by Crippen LogP contribution is -2.69. The van der Waals surface area contributed by atoms with E-state index in [-0.39, 0.29) is 91.7 Å². The number of hydrogen-bond donors (Lipinski definition) is 0. The van der Waals surface area contributed by atoms with Crippen molar-refractivity contribution >= 4 is 47.9 Å². The molecule has 13 aromatic rings. The van der Waals surface area contributed by atoms with Crippen molar-refractivity contribution < 1.29 is 128 Å². The van der Waals surface area contributed by atoms with Gasteiger partial charge in [-0.25, -0.2) is 38.4 Å². The number of nitrogens with zero attached hydrogens (tertiary/aromatic N) is 1. The Morgan fingerprint density at radius 1 is 0.224 bits per heavy atom. The van der Waals surface area contributed by atoms with Gasteiger partial charge in [0.25, 0.3) is 0 Å². The zero-order chi connectivity index (χ0) is 98.3. The molecule has 28 heteroatoms. The van der Waals surface area contributed by atoms with E-state index < -0.39 is 178 Å². The van der Waals surface area contributed by atoms with Crippen molar-refractivity contribution in [2.75, 3.05) is 33.0 Å². The van der Waals surface area contributed by atoms with Crippen molar-refractivity contribution in [2.24, 2.45) is 0 Å². The number of amides is 1. The topological polar surface area (TPSA) is 315 Å². The van der Waals surface area contributed by atoms with Crippen LogP contribution in [0.3, 0.4) is 0 Å². The second-order valence-electron chi connectivity index (χ2n) is 34.2.